The number of carbonyl (C=O) groups excluding carboxylic acids is 1. The quantitative estimate of drug-likeness (QED) is 0.765. The highest BCUT2D eigenvalue weighted by atomic mass is 35.5. The van der Waals surface area contributed by atoms with Gasteiger partial charge in [-0.05, 0) is 48.2 Å². The predicted molar refractivity (Wildman–Crippen MR) is 96.6 cm³/mol. The number of halogens is 1. The van der Waals surface area contributed by atoms with Crippen molar-refractivity contribution in [2.24, 2.45) is 0 Å². The first-order valence-corrected chi connectivity index (χ1v) is 8.59. The summed E-state index contributed by atoms with van der Waals surface area (Å²) in [6.07, 6.45) is 1.95. The maximum atomic E-state index is 12.3. The molecule has 0 unspecified atom stereocenters. The number of amides is 1. The van der Waals surface area contributed by atoms with Crippen molar-refractivity contribution in [3.05, 3.63) is 64.0 Å². The van der Waals surface area contributed by atoms with Crippen molar-refractivity contribution >= 4 is 17.5 Å². The van der Waals surface area contributed by atoms with Gasteiger partial charge in [0.15, 0.2) is 5.75 Å². The molecule has 1 amide bonds. The third kappa shape index (κ3) is 3.04. The lowest BCUT2D eigenvalue weighted by Crippen LogP contribution is -2.24. The summed E-state index contributed by atoms with van der Waals surface area (Å²) in [6, 6.07) is 9.71. The Labute approximate surface area is 155 Å². The number of ether oxygens (including phenoxy) is 1. The fourth-order valence-corrected chi connectivity index (χ4v) is 3.25. The summed E-state index contributed by atoms with van der Waals surface area (Å²) < 4.78 is 10.9. The van der Waals surface area contributed by atoms with E-state index in [1.807, 2.05) is 37.3 Å². The Hall–Kier alpha value is -2.86. The maximum absolute atomic E-state index is 12.3. The second-order valence-corrected chi connectivity index (χ2v) is 6.45. The van der Waals surface area contributed by atoms with Crippen LogP contribution in [-0.4, -0.2) is 29.3 Å². The normalized spacial score (nSPS) is 13.5. The monoisotopic (exact) mass is 369 g/mol. The lowest BCUT2D eigenvalue weighted by Gasteiger charge is -2.15. The van der Waals surface area contributed by atoms with Gasteiger partial charge in [-0.15, -0.1) is 10.2 Å². The van der Waals surface area contributed by atoms with Gasteiger partial charge in [0.1, 0.15) is 6.61 Å². The second kappa shape index (κ2) is 6.80. The van der Waals surface area contributed by atoms with Crippen LogP contribution in [0.5, 0.6) is 5.75 Å². The van der Waals surface area contributed by atoms with Crippen molar-refractivity contribution in [2.75, 3.05) is 13.2 Å². The lowest BCUT2D eigenvalue weighted by atomic mass is 9.96. The van der Waals surface area contributed by atoms with Crippen LogP contribution in [0, 0.1) is 6.92 Å². The number of carbonyl (C=O) groups is 1. The third-order valence-electron chi connectivity index (χ3n) is 4.41. The number of hydrogen-bond acceptors (Lipinski definition) is 5. The Bertz CT molecular complexity index is 953. The summed E-state index contributed by atoms with van der Waals surface area (Å²) in [6.45, 7) is 2.82. The summed E-state index contributed by atoms with van der Waals surface area (Å²) >= 11 is 6.48. The van der Waals surface area contributed by atoms with Gasteiger partial charge < -0.3 is 14.5 Å². The van der Waals surface area contributed by atoms with Crippen LogP contribution < -0.4 is 10.1 Å². The minimum Gasteiger partial charge on any atom is -0.489 e. The summed E-state index contributed by atoms with van der Waals surface area (Å²) in [5.41, 5.74) is 4.33. The molecule has 4 rings (SSSR count). The first kappa shape index (κ1) is 16.6. The molecule has 2 aromatic carbocycles. The molecule has 0 aliphatic carbocycles. The third-order valence-corrected chi connectivity index (χ3v) is 4.86. The van der Waals surface area contributed by atoms with Crippen molar-refractivity contribution in [3.63, 3.8) is 0 Å². The average Bonchev–Trinajstić information content (AvgIpc) is 3.12. The molecule has 26 heavy (non-hydrogen) atoms. The summed E-state index contributed by atoms with van der Waals surface area (Å²) in [7, 11) is 0. The van der Waals surface area contributed by atoms with Crippen molar-refractivity contribution in [1.29, 1.82) is 0 Å². The second-order valence-electron chi connectivity index (χ2n) is 6.07. The summed E-state index contributed by atoms with van der Waals surface area (Å²) in [5.74, 6) is 0.789. The Morgan fingerprint density at radius 2 is 2.08 bits per heavy atom. The van der Waals surface area contributed by atoms with Gasteiger partial charge in [0.2, 0.25) is 12.3 Å². The molecular weight excluding hydrogens is 354 g/mol. The average molecular weight is 370 g/mol. The SMILES string of the molecule is Cc1c(Cc2ccc(-c3nnco3)cc2)cc2c(c1Cl)OCCNC2=O. The zero-order chi connectivity index (χ0) is 18.1. The van der Waals surface area contributed by atoms with E-state index >= 15 is 0 Å². The van der Waals surface area contributed by atoms with Crippen LogP contribution >= 0.6 is 11.6 Å². The molecule has 0 atom stereocenters. The Morgan fingerprint density at radius 1 is 1.27 bits per heavy atom. The highest BCUT2D eigenvalue weighted by Crippen LogP contribution is 2.36. The minimum atomic E-state index is -0.160. The fourth-order valence-electron chi connectivity index (χ4n) is 2.97. The van der Waals surface area contributed by atoms with Crippen LogP contribution in [0.1, 0.15) is 27.0 Å². The molecule has 7 heteroatoms. The number of nitrogens with zero attached hydrogens (tertiary/aromatic N) is 2. The van der Waals surface area contributed by atoms with E-state index in [0.29, 0.717) is 41.8 Å². The molecule has 0 fully saturated rings. The van der Waals surface area contributed by atoms with Crippen LogP contribution in [0.3, 0.4) is 0 Å². The highest BCUT2D eigenvalue weighted by molar-refractivity contribution is 6.33. The molecular formula is C19H16ClN3O3. The van der Waals surface area contributed by atoms with Crippen molar-refractivity contribution in [1.82, 2.24) is 15.5 Å². The predicted octanol–water partition coefficient (Wildman–Crippen LogP) is 3.41. The number of rotatable bonds is 3. The van der Waals surface area contributed by atoms with Crippen molar-refractivity contribution < 1.29 is 13.9 Å². The van der Waals surface area contributed by atoms with E-state index in [-0.39, 0.29) is 5.91 Å². The van der Waals surface area contributed by atoms with Crippen LogP contribution in [-0.2, 0) is 6.42 Å². The van der Waals surface area contributed by atoms with Gasteiger partial charge in [-0.1, -0.05) is 23.7 Å². The molecule has 3 aromatic rings. The van der Waals surface area contributed by atoms with E-state index in [0.717, 1.165) is 22.3 Å². The number of nitrogens with one attached hydrogen (secondary N) is 1. The Morgan fingerprint density at radius 3 is 2.81 bits per heavy atom. The Kier molecular flexibility index (Phi) is 4.34. The number of benzene rings is 2. The van der Waals surface area contributed by atoms with Gasteiger partial charge in [-0.25, -0.2) is 0 Å². The molecule has 6 nitrogen and oxygen atoms in total. The van der Waals surface area contributed by atoms with Gasteiger partial charge in [0.25, 0.3) is 5.91 Å². The van der Waals surface area contributed by atoms with E-state index in [1.54, 1.807) is 0 Å². The zero-order valence-corrected chi connectivity index (χ0v) is 14.8. The van der Waals surface area contributed by atoms with E-state index in [9.17, 15) is 4.79 Å². The summed E-state index contributed by atoms with van der Waals surface area (Å²) in [5, 5.41) is 10.9. The number of fused-ring (bicyclic) bond motifs is 1. The molecule has 1 N–H and O–H groups in total. The molecule has 1 aliphatic heterocycles. The maximum Gasteiger partial charge on any atom is 0.255 e. The first-order chi connectivity index (χ1) is 12.6. The smallest absolute Gasteiger partial charge is 0.255 e. The first-order valence-electron chi connectivity index (χ1n) is 8.22. The van der Waals surface area contributed by atoms with E-state index in [1.165, 1.54) is 6.39 Å². The largest absolute Gasteiger partial charge is 0.489 e. The van der Waals surface area contributed by atoms with Crippen molar-refractivity contribution in [3.8, 4) is 17.2 Å². The highest BCUT2D eigenvalue weighted by Gasteiger charge is 2.22. The minimum absolute atomic E-state index is 0.160. The molecule has 0 radical (unpaired) electrons. The molecule has 0 bridgehead atoms. The molecule has 0 saturated heterocycles. The lowest BCUT2D eigenvalue weighted by molar-refractivity contribution is 0.0957. The van der Waals surface area contributed by atoms with Gasteiger partial charge in [0, 0.05) is 5.56 Å². The standard InChI is InChI=1S/C19H16ClN3O3/c1-11-14(9-15-17(16(11)20)25-7-6-21-18(15)24)8-12-2-4-13(5-3-12)19-23-22-10-26-19/h2-5,9-10H,6-8H2,1H3,(H,21,24). The van der Waals surface area contributed by atoms with E-state index in [2.05, 4.69) is 15.5 Å². The molecule has 1 aliphatic rings. The van der Waals surface area contributed by atoms with Crippen LogP contribution in [0.2, 0.25) is 5.02 Å². The van der Waals surface area contributed by atoms with Gasteiger partial charge in [-0.3, -0.25) is 4.79 Å². The molecule has 1 aromatic heterocycles. The molecule has 0 saturated carbocycles. The van der Waals surface area contributed by atoms with Gasteiger partial charge in [0.05, 0.1) is 17.1 Å². The number of hydrogen-bond donors (Lipinski definition) is 1. The molecule has 2 heterocycles. The summed E-state index contributed by atoms with van der Waals surface area (Å²) in [4.78, 5) is 12.3. The van der Waals surface area contributed by atoms with Gasteiger partial charge >= 0.3 is 0 Å². The van der Waals surface area contributed by atoms with E-state index < -0.39 is 0 Å². The zero-order valence-electron chi connectivity index (χ0n) is 14.1. The molecule has 0 spiro atoms. The van der Waals surface area contributed by atoms with Crippen LogP contribution in [0.25, 0.3) is 11.5 Å². The van der Waals surface area contributed by atoms with Crippen molar-refractivity contribution in [2.45, 2.75) is 13.3 Å². The molecule has 132 valence electrons. The number of aromatic nitrogens is 2. The van der Waals surface area contributed by atoms with E-state index in [4.69, 9.17) is 20.8 Å². The Balaban J connectivity index is 1.66. The van der Waals surface area contributed by atoms with Crippen LogP contribution in [0.15, 0.2) is 41.1 Å². The van der Waals surface area contributed by atoms with Gasteiger partial charge in [-0.2, -0.15) is 0 Å². The van der Waals surface area contributed by atoms with Crippen LogP contribution in [0.4, 0.5) is 0 Å². The topological polar surface area (TPSA) is 77.2 Å². The fraction of sp³-hybridized carbons (Fsp3) is 0.211.